The highest BCUT2D eigenvalue weighted by Crippen LogP contribution is 2.63. The molecule has 2 aliphatic carbocycles. The summed E-state index contributed by atoms with van der Waals surface area (Å²) in [5, 5.41) is 2.23. The van der Waals surface area contributed by atoms with E-state index in [0.717, 1.165) is 61.5 Å². The molecule has 0 bridgehead atoms. The largest absolute Gasteiger partial charge is 0.457 e. The van der Waals surface area contributed by atoms with E-state index in [9.17, 15) is 0 Å². The normalized spacial score (nSPS) is 16.2. The quantitative estimate of drug-likeness (QED) is 0.176. The van der Waals surface area contributed by atoms with Crippen LogP contribution in [0.15, 0.2) is 188 Å². The van der Waals surface area contributed by atoms with Gasteiger partial charge in [0.25, 0.3) is 0 Å². The molecule has 13 rings (SSSR count). The van der Waals surface area contributed by atoms with Crippen LogP contribution in [0.4, 0.5) is 0 Å². The Bertz CT molecular complexity index is 3450. The van der Waals surface area contributed by atoms with E-state index >= 15 is 0 Å². The number of fused-ring (bicyclic) bond motifs is 17. The van der Waals surface area contributed by atoms with Crippen molar-refractivity contribution in [3.63, 3.8) is 0 Å². The third-order valence-corrected chi connectivity index (χ3v) is 13.6. The van der Waals surface area contributed by atoms with Gasteiger partial charge in [0.1, 0.15) is 23.0 Å². The third-order valence-electron chi connectivity index (χ3n) is 13.6. The lowest BCUT2D eigenvalue weighted by molar-refractivity contribution is 0.433. The molecule has 1 spiro atoms. The number of hydrogen-bond donors (Lipinski definition) is 0. The van der Waals surface area contributed by atoms with Crippen molar-refractivity contribution in [1.82, 2.24) is 14.5 Å². The lowest BCUT2D eigenvalue weighted by Gasteiger charge is -2.43. The van der Waals surface area contributed by atoms with Gasteiger partial charge in [0.15, 0.2) is 0 Å². The van der Waals surface area contributed by atoms with Crippen molar-refractivity contribution in [3.05, 3.63) is 222 Å². The summed E-state index contributed by atoms with van der Waals surface area (Å²) in [6.07, 6.45) is 3.70. The first-order valence-electron chi connectivity index (χ1n) is 20.7. The predicted molar refractivity (Wildman–Crippen MR) is 242 cm³/mol. The number of rotatable bonds is 2. The van der Waals surface area contributed by atoms with Gasteiger partial charge in [-0.1, -0.05) is 129 Å². The average molecular weight is 768 g/mol. The van der Waals surface area contributed by atoms with Crippen molar-refractivity contribution in [2.24, 2.45) is 0 Å². The number of nitrogens with zero attached hydrogens (tertiary/aromatic N) is 3. The molecule has 4 heteroatoms. The van der Waals surface area contributed by atoms with Crippen LogP contribution in [0.3, 0.4) is 0 Å². The van der Waals surface area contributed by atoms with Gasteiger partial charge in [-0.3, -0.25) is 4.57 Å². The van der Waals surface area contributed by atoms with Crippen LogP contribution in [0, 0.1) is 0 Å². The Morgan fingerprint density at radius 3 is 1.87 bits per heavy atom. The summed E-state index contributed by atoms with van der Waals surface area (Å²) in [7, 11) is 0. The van der Waals surface area contributed by atoms with E-state index in [2.05, 4.69) is 170 Å². The minimum atomic E-state index is -0.731. The Kier molecular flexibility index (Phi) is 6.68. The monoisotopic (exact) mass is 767 g/mol. The van der Waals surface area contributed by atoms with Crippen molar-refractivity contribution >= 4 is 21.9 Å². The van der Waals surface area contributed by atoms with Gasteiger partial charge >= 0.3 is 0 Å². The van der Waals surface area contributed by atoms with E-state index in [1.165, 1.54) is 55.6 Å². The minimum absolute atomic E-state index is 0.176. The Labute approximate surface area is 348 Å². The molecule has 60 heavy (non-hydrogen) atoms. The number of para-hydroxylation sites is 1. The van der Waals surface area contributed by atoms with Gasteiger partial charge in [-0.2, -0.15) is 0 Å². The van der Waals surface area contributed by atoms with Gasteiger partial charge in [-0.15, -0.1) is 0 Å². The maximum Gasteiger partial charge on any atom is 0.146 e. The molecule has 0 N–H and O–H groups in total. The topological polar surface area (TPSA) is 39.9 Å². The summed E-state index contributed by atoms with van der Waals surface area (Å²) in [5.41, 5.74) is 18.2. The lowest BCUT2D eigenvalue weighted by atomic mass is 9.61. The van der Waals surface area contributed by atoms with Crippen molar-refractivity contribution < 1.29 is 4.74 Å². The zero-order valence-electron chi connectivity index (χ0n) is 33.1. The molecule has 1 atom stereocenters. The minimum Gasteiger partial charge on any atom is -0.457 e. The van der Waals surface area contributed by atoms with E-state index < -0.39 is 5.41 Å². The number of aromatic nitrogens is 3. The Morgan fingerprint density at radius 1 is 0.417 bits per heavy atom. The van der Waals surface area contributed by atoms with Crippen LogP contribution in [0.5, 0.6) is 11.5 Å². The van der Waals surface area contributed by atoms with Crippen molar-refractivity contribution in [1.29, 1.82) is 0 Å². The standard InChI is InChI=1S/C56H37N3O/c1-55(2)44-19-7-5-17-39(44)42-32-49-52(33-47(42)55)60-51-22-10-9-21-46(51)56(49)45-20-8-6-16-38(45)36-14-3-4-15-37(36)40-26-24-35(31-48(40)56)34-25-27-50-43(30-34)41-18-13-29-58-54(41)59(50)53-23-11-12-28-57-53/h3-33H,1-2H3. The van der Waals surface area contributed by atoms with Gasteiger partial charge < -0.3 is 4.74 Å². The van der Waals surface area contributed by atoms with Crippen molar-refractivity contribution in [3.8, 4) is 61.8 Å². The fourth-order valence-electron chi connectivity index (χ4n) is 11.0. The Balaban J connectivity index is 1.15. The summed E-state index contributed by atoms with van der Waals surface area (Å²) in [6, 6.07) is 64.6. The summed E-state index contributed by atoms with van der Waals surface area (Å²) < 4.78 is 9.27. The first-order chi connectivity index (χ1) is 29.5. The fraction of sp³-hybridized carbons (Fsp3) is 0.0714. The molecular formula is C56H37N3O. The molecule has 0 saturated heterocycles. The first kappa shape index (κ1) is 33.4. The first-order valence-corrected chi connectivity index (χ1v) is 20.7. The fourth-order valence-corrected chi connectivity index (χ4v) is 11.0. The second-order valence-electron chi connectivity index (χ2n) is 16.9. The maximum atomic E-state index is 7.10. The Morgan fingerprint density at radius 2 is 1.07 bits per heavy atom. The SMILES string of the molecule is CC1(C)c2ccccc2-c2cc3c(cc21)Oc1ccccc1C31c2ccccc2-c2ccccc2-c2ccc(-c3ccc4c(c3)c3cccnc3n4-c3ccccn3)cc21. The predicted octanol–water partition coefficient (Wildman–Crippen LogP) is 13.7. The van der Waals surface area contributed by atoms with E-state index in [-0.39, 0.29) is 5.41 Å². The molecule has 282 valence electrons. The molecular weight excluding hydrogens is 731 g/mol. The van der Waals surface area contributed by atoms with E-state index in [0.29, 0.717) is 0 Å². The molecule has 10 aromatic rings. The number of hydrogen-bond acceptors (Lipinski definition) is 3. The molecule has 4 heterocycles. The number of benzene rings is 7. The Hall–Kier alpha value is -7.56. The van der Waals surface area contributed by atoms with E-state index in [1.807, 2.05) is 36.7 Å². The third kappa shape index (κ3) is 4.29. The number of ether oxygens (including phenoxy) is 1. The summed E-state index contributed by atoms with van der Waals surface area (Å²) >= 11 is 0. The maximum absolute atomic E-state index is 7.10. The molecule has 0 fully saturated rings. The highest BCUT2D eigenvalue weighted by molar-refractivity contribution is 6.09. The van der Waals surface area contributed by atoms with Crippen LogP contribution in [0.1, 0.15) is 47.2 Å². The molecule has 1 aliphatic heterocycles. The lowest BCUT2D eigenvalue weighted by Crippen LogP contribution is -2.35. The molecule has 1 unspecified atom stereocenters. The zero-order valence-corrected chi connectivity index (χ0v) is 33.1. The van der Waals surface area contributed by atoms with E-state index in [4.69, 9.17) is 14.7 Å². The van der Waals surface area contributed by atoms with Gasteiger partial charge in [-0.25, -0.2) is 9.97 Å². The molecule has 0 radical (unpaired) electrons. The molecule has 0 saturated carbocycles. The second-order valence-corrected chi connectivity index (χ2v) is 16.9. The van der Waals surface area contributed by atoms with Crippen LogP contribution in [0.25, 0.3) is 72.3 Å². The summed E-state index contributed by atoms with van der Waals surface area (Å²) in [5.74, 6) is 2.64. The number of pyridine rings is 2. The smallest absolute Gasteiger partial charge is 0.146 e. The summed E-state index contributed by atoms with van der Waals surface area (Å²) in [4.78, 5) is 9.60. The van der Waals surface area contributed by atoms with Crippen LogP contribution in [0.2, 0.25) is 0 Å². The van der Waals surface area contributed by atoms with Gasteiger partial charge in [0, 0.05) is 39.7 Å². The van der Waals surface area contributed by atoms with E-state index in [1.54, 1.807) is 0 Å². The second kappa shape index (κ2) is 12.0. The van der Waals surface area contributed by atoms with Gasteiger partial charge in [0.05, 0.1) is 10.9 Å². The summed E-state index contributed by atoms with van der Waals surface area (Å²) in [6.45, 7) is 4.69. The highest BCUT2D eigenvalue weighted by atomic mass is 16.5. The average Bonchev–Trinajstić information content (AvgIpc) is 3.71. The van der Waals surface area contributed by atoms with Crippen molar-refractivity contribution in [2.75, 3.05) is 0 Å². The molecule has 3 aliphatic rings. The molecule has 3 aromatic heterocycles. The van der Waals surface area contributed by atoms with Crippen LogP contribution >= 0.6 is 0 Å². The zero-order chi connectivity index (χ0) is 39.7. The highest BCUT2D eigenvalue weighted by Gasteiger charge is 2.50. The van der Waals surface area contributed by atoms with Gasteiger partial charge in [0.2, 0.25) is 0 Å². The van der Waals surface area contributed by atoms with Crippen LogP contribution in [-0.2, 0) is 10.8 Å². The van der Waals surface area contributed by atoms with Gasteiger partial charge in [-0.05, 0) is 127 Å². The van der Waals surface area contributed by atoms with Crippen LogP contribution < -0.4 is 4.74 Å². The molecule has 4 nitrogen and oxygen atoms in total. The van der Waals surface area contributed by atoms with Crippen LogP contribution in [-0.4, -0.2) is 14.5 Å². The molecule has 0 amide bonds. The van der Waals surface area contributed by atoms with Crippen molar-refractivity contribution in [2.45, 2.75) is 24.7 Å². The molecule has 7 aromatic carbocycles.